The Bertz CT molecular complexity index is 579. The third-order valence-electron chi connectivity index (χ3n) is 2.94. The van der Waals surface area contributed by atoms with Crippen LogP contribution in [0.2, 0.25) is 0 Å². The second-order valence-corrected chi connectivity index (χ2v) is 6.42. The van der Waals surface area contributed by atoms with Gasteiger partial charge in [-0.05, 0) is 52.7 Å². The van der Waals surface area contributed by atoms with Gasteiger partial charge in [0.05, 0.1) is 18.9 Å². The number of carbonyl (C=O) groups excluding carboxylic acids is 2. The van der Waals surface area contributed by atoms with Gasteiger partial charge in [-0.1, -0.05) is 0 Å². The maximum Gasteiger partial charge on any atom is 0.412 e. The smallest absolute Gasteiger partial charge is 0.412 e. The molecule has 0 spiro atoms. The second kappa shape index (κ2) is 9.76. The first kappa shape index (κ1) is 20.6. The van der Waals surface area contributed by atoms with Gasteiger partial charge in [0.1, 0.15) is 17.1 Å². The fourth-order valence-electron chi connectivity index (χ4n) is 1.94. The molecule has 7 heteroatoms. The van der Waals surface area contributed by atoms with E-state index >= 15 is 0 Å². The number of aromatic hydroxyl groups is 1. The summed E-state index contributed by atoms with van der Waals surface area (Å²) >= 11 is 0. The van der Waals surface area contributed by atoms with Crippen molar-refractivity contribution >= 4 is 17.7 Å². The lowest BCUT2D eigenvalue weighted by Crippen LogP contribution is -2.27. The molecular weight excluding hydrogens is 326 g/mol. The maximum atomic E-state index is 11.9. The molecule has 2 N–H and O–H groups in total. The van der Waals surface area contributed by atoms with Crippen LogP contribution in [0.5, 0.6) is 11.5 Å². The van der Waals surface area contributed by atoms with Crippen molar-refractivity contribution in [3.8, 4) is 11.5 Å². The van der Waals surface area contributed by atoms with Crippen molar-refractivity contribution < 1.29 is 28.9 Å². The van der Waals surface area contributed by atoms with E-state index in [0.29, 0.717) is 43.9 Å². The fourth-order valence-corrected chi connectivity index (χ4v) is 1.94. The normalized spacial score (nSPS) is 10.9. The minimum atomic E-state index is -0.634. The molecular formula is C18H27NO6. The predicted molar refractivity (Wildman–Crippen MR) is 93.9 cm³/mol. The van der Waals surface area contributed by atoms with Crippen molar-refractivity contribution in [3.63, 3.8) is 0 Å². The number of ether oxygens (including phenoxy) is 3. The highest BCUT2D eigenvalue weighted by atomic mass is 16.6. The van der Waals surface area contributed by atoms with Crippen LogP contribution in [0.1, 0.15) is 47.0 Å². The molecule has 140 valence electrons. The van der Waals surface area contributed by atoms with Crippen molar-refractivity contribution in [1.82, 2.24) is 0 Å². The lowest BCUT2D eigenvalue weighted by Gasteiger charge is -2.20. The van der Waals surface area contributed by atoms with Gasteiger partial charge in [0.2, 0.25) is 0 Å². The molecule has 0 saturated heterocycles. The summed E-state index contributed by atoms with van der Waals surface area (Å²) < 4.78 is 15.7. The summed E-state index contributed by atoms with van der Waals surface area (Å²) in [6, 6.07) is 4.42. The quantitative estimate of drug-likeness (QED) is 0.544. The number of nitrogens with one attached hydrogen (secondary N) is 1. The monoisotopic (exact) mass is 353 g/mol. The average molecular weight is 353 g/mol. The lowest BCUT2D eigenvalue weighted by molar-refractivity contribution is -0.143. The molecule has 1 amide bonds. The molecule has 0 aromatic heterocycles. The number of esters is 1. The molecule has 0 bridgehead atoms. The van der Waals surface area contributed by atoms with Gasteiger partial charge >= 0.3 is 12.1 Å². The van der Waals surface area contributed by atoms with Crippen LogP contribution in [0.25, 0.3) is 0 Å². The van der Waals surface area contributed by atoms with Crippen LogP contribution in [0.15, 0.2) is 18.2 Å². The van der Waals surface area contributed by atoms with E-state index < -0.39 is 11.7 Å². The highest BCUT2D eigenvalue weighted by Gasteiger charge is 2.18. The van der Waals surface area contributed by atoms with Crippen LogP contribution in [0, 0.1) is 0 Å². The number of phenols is 1. The Morgan fingerprint density at radius 2 is 1.92 bits per heavy atom. The van der Waals surface area contributed by atoms with E-state index in [-0.39, 0.29) is 11.7 Å². The molecule has 0 aliphatic rings. The molecule has 1 aromatic carbocycles. The highest BCUT2D eigenvalue weighted by Crippen LogP contribution is 2.29. The Balaban J connectivity index is 2.53. The summed E-state index contributed by atoms with van der Waals surface area (Å²) in [5.74, 6) is 0.194. The molecule has 0 heterocycles. The topological polar surface area (TPSA) is 94.1 Å². The van der Waals surface area contributed by atoms with Crippen molar-refractivity contribution in [2.75, 3.05) is 18.5 Å². The summed E-state index contributed by atoms with van der Waals surface area (Å²) in [6.07, 6.45) is 1.01. The molecule has 0 atom stereocenters. The van der Waals surface area contributed by atoms with E-state index in [1.54, 1.807) is 33.8 Å². The number of carbonyl (C=O) groups is 2. The molecule has 0 fully saturated rings. The van der Waals surface area contributed by atoms with E-state index in [1.807, 2.05) is 0 Å². The van der Waals surface area contributed by atoms with E-state index in [9.17, 15) is 14.7 Å². The largest absolute Gasteiger partial charge is 0.508 e. The first-order chi connectivity index (χ1) is 11.7. The van der Waals surface area contributed by atoms with Gasteiger partial charge in [-0.3, -0.25) is 10.1 Å². The number of unbranched alkanes of at least 4 members (excludes halogenated alkanes) is 1. The van der Waals surface area contributed by atoms with Crippen molar-refractivity contribution in [1.29, 1.82) is 0 Å². The Labute approximate surface area is 148 Å². The Morgan fingerprint density at radius 1 is 1.20 bits per heavy atom. The summed E-state index contributed by atoms with van der Waals surface area (Å²) in [7, 11) is 0. The molecule has 25 heavy (non-hydrogen) atoms. The summed E-state index contributed by atoms with van der Waals surface area (Å²) in [4.78, 5) is 23.1. The Hall–Kier alpha value is -2.44. The van der Waals surface area contributed by atoms with Gasteiger partial charge < -0.3 is 19.3 Å². The first-order valence-corrected chi connectivity index (χ1v) is 8.32. The zero-order valence-electron chi connectivity index (χ0n) is 15.3. The molecule has 0 aliphatic heterocycles. The maximum absolute atomic E-state index is 11.9. The third kappa shape index (κ3) is 8.83. The molecule has 0 radical (unpaired) electrons. The van der Waals surface area contributed by atoms with E-state index in [1.165, 1.54) is 12.1 Å². The lowest BCUT2D eigenvalue weighted by atomic mass is 10.2. The molecule has 7 nitrogen and oxygen atoms in total. The molecule has 1 aromatic rings. The van der Waals surface area contributed by atoms with Gasteiger partial charge in [0.15, 0.2) is 0 Å². The number of benzene rings is 1. The Kier molecular flexibility index (Phi) is 8.04. The zero-order valence-corrected chi connectivity index (χ0v) is 15.3. The van der Waals surface area contributed by atoms with Gasteiger partial charge in [-0.2, -0.15) is 0 Å². The van der Waals surface area contributed by atoms with Gasteiger partial charge in [0, 0.05) is 12.5 Å². The summed E-state index contributed by atoms with van der Waals surface area (Å²) in [5, 5.41) is 12.2. The number of amides is 1. The van der Waals surface area contributed by atoms with Gasteiger partial charge in [0.25, 0.3) is 0 Å². The van der Waals surface area contributed by atoms with Crippen molar-refractivity contribution in [2.45, 2.75) is 52.6 Å². The van der Waals surface area contributed by atoms with E-state index in [0.717, 1.165) is 0 Å². The minimum absolute atomic E-state index is 0.000666. The SMILES string of the molecule is CCOC(=O)CCCCOc1ccc(O)cc1NC(=O)OC(C)(C)C. The Morgan fingerprint density at radius 3 is 2.56 bits per heavy atom. The van der Waals surface area contributed by atoms with Gasteiger partial charge in [-0.15, -0.1) is 0 Å². The number of phenolic OH excluding ortho intramolecular Hbond substituents is 1. The third-order valence-corrected chi connectivity index (χ3v) is 2.94. The van der Waals surface area contributed by atoms with Crippen LogP contribution >= 0.6 is 0 Å². The fraction of sp³-hybridized carbons (Fsp3) is 0.556. The second-order valence-electron chi connectivity index (χ2n) is 6.42. The standard InChI is InChI=1S/C18H27NO6/c1-5-23-16(21)8-6-7-11-24-15-10-9-13(20)12-14(15)19-17(22)25-18(2,3)4/h9-10,12,20H,5-8,11H2,1-4H3,(H,19,22). The summed E-state index contributed by atoms with van der Waals surface area (Å²) in [5.41, 5.74) is -0.311. The minimum Gasteiger partial charge on any atom is -0.508 e. The van der Waals surface area contributed by atoms with Crippen molar-refractivity contribution in [2.24, 2.45) is 0 Å². The van der Waals surface area contributed by atoms with Crippen molar-refractivity contribution in [3.05, 3.63) is 18.2 Å². The first-order valence-electron chi connectivity index (χ1n) is 8.32. The van der Waals surface area contributed by atoms with Crippen LogP contribution in [0.3, 0.4) is 0 Å². The molecule has 1 rings (SSSR count). The highest BCUT2D eigenvalue weighted by molar-refractivity contribution is 5.87. The number of hydrogen-bond acceptors (Lipinski definition) is 6. The average Bonchev–Trinajstić information content (AvgIpc) is 2.47. The van der Waals surface area contributed by atoms with Crippen LogP contribution in [0.4, 0.5) is 10.5 Å². The zero-order chi connectivity index (χ0) is 18.9. The molecule has 0 unspecified atom stereocenters. The van der Waals surface area contributed by atoms with Crippen LogP contribution in [-0.2, 0) is 14.3 Å². The van der Waals surface area contributed by atoms with Gasteiger partial charge in [-0.25, -0.2) is 4.79 Å². The number of rotatable bonds is 8. The predicted octanol–water partition coefficient (Wildman–Crippen LogP) is 3.85. The molecule has 0 saturated carbocycles. The molecule has 0 aliphatic carbocycles. The van der Waals surface area contributed by atoms with Crippen LogP contribution in [-0.4, -0.2) is 36.0 Å². The van der Waals surface area contributed by atoms with Crippen LogP contribution < -0.4 is 10.1 Å². The summed E-state index contributed by atoms with van der Waals surface area (Å²) in [6.45, 7) is 7.79. The van der Waals surface area contributed by atoms with E-state index in [2.05, 4.69) is 5.32 Å². The number of hydrogen-bond donors (Lipinski definition) is 2. The number of anilines is 1. The van der Waals surface area contributed by atoms with E-state index in [4.69, 9.17) is 14.2 Å².